The number of aliphatic hydroxyl groups excluding tert-OH is 1. The molecule has 0 aromatic carbocycles. The lowest BCUT2D eigenvalue weighted by molar-refractivity contribution is -0.147. The number of rotatable bonds is 31. The lowest BCUT2D eigenvalue weighted by Crippen LogP contribution is -2.27. The number of aliphatic hydroxyl groups is 1. The summed E-state index contributed by atoms with van der Waals surface area (Å²) in [5.74, 6) is -0.537. The van der Waals surface area contributed by atoms with E-state index in [-0.39, 0.29) is 32.1 Å². The Morgan fingerprint density at radius 1 is 0.721 bits per heavy atom. The molecule has 0 aromatic heterocycles. The molecule has 2 unspecified atom stereocenters. The molecule has 1 amide bonds. The van der Waals surface area contributed by atoms with Crippen LogP contribution in [0.25, 0.3) is 0 Å². The summed E-state index contributed by atoms with van der Waals surface area (Å²) in [6, 6.07) is 0. The Bertz CT molecular complexity index is 774. The normalized spacial score (nSPS) is 13.9. The molecule has 3 N–H and O–H groups in total. The van der Waals surface area contributed by atoms with Crippen LogP contribution in [0.5, 0.6) is 0 Å². The number of unbranched alkanes of at least 4 members (excludes halogenated alkanes) is 14. The summed E-state index contributed by atoms with van der Waals surface area (Å²) < 4.78 is 26.6. The number of amides is 1. The zero-order valence-electron chi connectivity index (χ0n) is 27.1. The minimum atomic E-state index is -4.40. The SMILES string of the molecule is CCCC/C=C\C/C=C\CCCCCCCC(=O)NCCOP(=O)(O)OCC(O)COC(=O)CCCCCCCCCC. The molecule has 9 nitrogen and oxygen atoms in total. The van der Waals surface area contributed by atoms with Gasteiger partial charge in [0.25, 0.3) is 0 Å². The van der Waals surface area contributed by atoms with E-state index in [0.29, 0.717) is 6.42 Å². The molecule has 252 valence electrons. The molecule has 0 aromatic rings. The van der Waals surface area contributed by atoms with Crippen LogP contribution >= 0.6 is 7.82 Å². The van der Waals surface area contributed by atoms with Gasteiger partial charge in [-0.1, -0.05) is 115 Å². The van der Waals surface area contributed by atoms with E-state index in [2.05, 4.69) is 43.5 Å². The highest BCUT2D eigenvalue weighted by Crippen LogP contribution is 2.42. The molecule has 2 atom stereocenters. The quantitative estimate of drug-likeness (QED) is 0.0303. The van der Waals surface area contributed by atoms with Gasteiger partial charge < -0.3 is 20.1 Å². The number of esters is 1. The predicted molar refractivity (Wildman–Crippen MR) is 174 cm³/mol. The molecule has 0 bridgehead atoms. The molecule has 43 heavy (non-hydrogen) atoms. The molecule has 0 aliphatic heterocycles. The fraction of sp³-hybridized carbons (Fsp3) is 0.818. The van der Waals surface area contributed by atoms with E-state index in [9.17, 15) is 24.2 Å². The zero-order chi connectivity index (χ0) is 31.9. The Morgan fingerprint density at radius 2 is 1.28 bits per heavy atom. The van der Waals surface area contributed by atoms with E-state index in [4.69, 9.17) is 13.8 Å². The average molecular weight is 632 g/mol. The van der Waals surface area contributed by atoms with Gasteiger partial charge in [-0.05, 0) is 38.5 Å². The second-order valence-electron chi connectivity index (χ2n) is 11.1. The van der Waals surface area contributed by atoms with Crippen LogP contribution in [0.4, 0.5) is 0 Å². The maximum Gasteiger partial charge on any atom is 0.472 e. The molecule has 0 aliphatic carbocycles. The van der Waals surface area contributed by atoms with Crippen LogP contribution < -0.4 is 5.32 Å². The first-order valence-electron chi connectivity index (χ1n) is 16.8. The Kier molecular flexibility index (Phi) is 29.4. The number of allylic oxidation sites excluding steroid dienone is 4. The number of ether oxygens (including phenoxy) is 1. The molecule has 0 heterocycles. The van der Waals surface area contributed by atoms with Crippen LogP contribution in [0, 0.1) is 0 Å². The van der Waals surface area contributed by atoms with Gasteiger partial charge in [0.15, 0.2) is 0 Å². The number of phosphoric ester groups is 1. The maximum absolute atomic E-state index is 12.0. The van der Waals surface area contributed by atoms with Gasteiger partial charge in [0.05, 0.1) is 13.2 Å². The van der Waals surface area contributed by atoms with Crippen molar-refractivity contribution in [1.82, 2.24) is 5.32 Å². The lowest BCUT2D eigenvalue weighted by Gasteiger charge is -2.15. The molecule has 0 aliphatic rings. The second-order valence-corrected chi connectivity index (χ2v) is 12.6. The van der Waals surface area contributed by atoms with Crippen molar-refractivity contribution in [2.45, 2.75) is 148 Å². The number of carbonyl (C=O) groups is 2. The van der Waals surface area contributed by atoms with Gasteiger partial charge >= 0.3 is 13.8 Å². The number of carbonyl (C=O) groups excluding carboxylic acids is 2. The van der Waals surface area contributed by atoms with Crippen LogP contribution in [-0.2, 0) is 27.9 Å². The van der Waals surface area contributed by atoms with Gasteiger partial charge in [-0.3, -0.25) is 18.6 Å². The molecule has 0 saturated heterocycles. The number of hydrogen-bond donors (Lipinski definition) is 3. The van der Waals surface area contributed by atoms with E-state index >= 15 is 0 Å². The van der Waals surface area contributed by atoms with Gasteiger partial charge in [0.1, 0.15) is 12.7 Å². The standard InChI is InChI=1S/C33H62NO8P/c1-3-5-7-9-11-13-14-15-16-17-18-19-21-23-25-32(36)34-27-28-41-43(38,39)42-30-31(35)29-40-33(37)26-24-22-20-12-10-8-6-4-2/h9,11,14-15,31,35H,3-8,10,12-13,16-30H2,1-2H3,(H,34,36)(H,38,39)/b11-9-,15-14-. The molecular formula is C33H62NO8P. The second kappa shape index (κ2) is 30.5. The number of nitrogens with one attached hydrogen (secondary N) is 1. The van der Waals surface area contributed by atoms with Crippen molar-refractivity contribution in [3.05, 3.63) is 24.3 Å². The topological polar surface area (TPSA) is 131 Å². The lowest BCUT2D eigenvalue weighted by atomic mass is 10.1. The Hall–Kier alpha value is -1.51. The molecule has 0 spiro atoms. The van der Waals surface area contributed by atoms with Crippen LogP contribution in [0.1, 0.15) is 142 Å². The molecule has 0 fully saturated rings. The smallest absolute Gasteiger partial charge is 0.463 e. The highest BCUT2D eigenvalue weighted by atomic mass is 31.2. The van der Waals surface area contributed by atoms with Gasteiger partial charge in [-0.25, -0.2) is 4.57 Å². The van der Waals surface area contributed by atoms with Crippen LogP contribution in [0.15, 0.2) is 24.3 Å². The molecule has 0 radical (unpaired) electrons. The summed E-state index contributed by atoms with van der Waals surface area (Å²) in [6.45, 7) is 3.43. The Morgan fingerprint density at radius 3 is 1.93 bits per heavy atom. The first-order chi connectivity index (χ1) is 20.8. The van der Waals surface area contributed by atoms with E-state index in [1.54, 1.807) is 0 Å². The summed E-state index contributed by atoms with van der Waals surface area (Å²) in [5.41, 5.74) is 0. The molecule has 0 saturated carbocycles. The zero-order valence-corrected chi connectivity index (χ0v) is 28.0. The van der Waals surface area contributed by atoms with Crippen molar-refractivity contribution in [2.75, 3.05) is 26.4 Å². The van der Waals surface area contributed by atoms with E-state index in [1.165, 1.54) is 51.4 Å². The van der Waals surface area contributed by atoms with Gasteiger partial charge in [0, 0.05) is 19.4 Å². The van der Waals surface area contributed by atoms with Gasteiger partial charge in [-0.2, -0.15) is 0 Å². The number of phosphoric acid groups is 1. The third-order valence-corrected chi connectivity index (χ3v) is 7.87. The fourth-order valence-electron chi connectivity index (χ4n) is 4.28. The Labute approximate surface area is 261 Å². The largest absolute Gasteiger partial charge is 0.472 e. The monoisotopic (exact) mass is 631 g/mol. The van der Waals surface area contributed by atoms with Crippen molar-refractivity contribution in [1.29, 1.82) is 0 Å². The van der Waals surface area contributed by atoms with Crippen molar-refractivity contribution >= 4 is 19.7 Å². The summed E-state index contributed by atoms with van der Waals surface area (Å²) in [5, 5.41) is 12.6. The molecule has 0 rings (SSSR count). The maximum atomic E-state index is 12.0. The van der Waals surface area contributed by atoms with Gasteiger partial charge in [-0.15, -0.1) is 0 Å². The molecule has 10 heteroatoms. The van der Waals surface area contributed by atoms with Crippen molar-refractivity contribution in [2.24, 2.45) is 0 Å². The number of hydrogen-bond acceptors (Lipinski definition) is 7. The highest BCUT2D eigenvalue weighted by Gasteiger charge is 2.23. The highest BCUT2D eigenvalue weighted by molar-refractivity contribution is 7.47. The van der Waals surface area contributed by atoms with Crippen LogP contribution in [0.2, 0.25) is 0 Å². The third kappa shape index (κ3) is 31.7. The summed E-state index contributed by atoms with van der Waals surface area (Å²) in [6.07, 6.45) is 28.3. The van der Waals surface area contributed by atoms with Crippen molar-refractivity contribution in [3.8, 4) is 0 Å². The van der Waals surface area contributed by atoms with E-state index < -0.39 is 26.5 Å². The van der Waals surface area contributed by atoms with Crippen LogP contribution in [0.3, 0.4) is 0 Å². The van der Waals surface area contributed by atoms with Gasteiger partial charge in [0.2, 0.25) is 5.91 Å². The van der Waals surface area contributed by atoms with Crippen molar-refractivity contribution < 1.29 is 37.9 Å². The molecular weight excluding hydrogens is 569 g/mol. The van der Waals surface area contributed by atoms with Crippen LogP contribution in [-0.4, -0.2) is 54.3 Å². The third-order valence-electron chi connectivity index (χ3n) is 6.88. The Balaban J connectivity index is 3.67. The first-order valence-corrected chi connectivity index (χ1v) is 18.3. The van der Waals surface area contributed by atoms with E-state index in [1.807, 2.05) is 0 Å². The minimum Gasteiger partial charge on any atom is -0.463 e. The van der Waals surface area contributed by atoms with Crippen molar-refractivity contribution in [3.63, 3.8) is 0 Å². The predicted octanol–water partition coefficient (Wildman–Crippen LogP) is 8.09. The minimum absolute atomic E-state index is 0.0752. The summed E-state index contributed by atoms with van der Waals surface area (Å²) in [4.78, 5) is 33.5. The van der Waals surface area contributed by atoms with E-state index in [0.717, 1.165) is 64.2 Å². The first kappa shape index (κ1) is 41.5. The summed E-state index contributed by atoms with van der Waals surface area (Å²) >= 11 is 0. The fourth-order valence-corrected chi connectivity index (χ4v) is 5.03. The average Bonchev–Trinajstić information content (AvgIpc) is 2.98. The summed E-state index contributed by atoms with van der Waals surface area (Å²) in [7, 11) is -4.40.